The lowest BCUT2D eigenvalue weighted by molar-refractivity contribution is 0.633. The summed E-state index contributed by atoms with van der Waals surface area (Å²) in [5, 5.41) is 6.76. The third kappa shape index (κ3) is 5.05. The minimum absolute atomic E-state index is 0. The molecule has 7 heteroatoms. The molecule has 0 saturated carbocycles. The van der Waals surface area contributed by atoms with Crippen LogP contribution in [0.1, 0.15) is 25.3 Å². The van der Waals surface area contributed by atoms with Crippen LogP contribution < -0.4 is 10.6 Å². The van der Waals surface area contributed by atoms with Gasteiger partial charge in [0.1, 0.15) is 12.1 Å². The molecule has 2 aromatic rings. The molecule has 2 aromatic heterocycles. The minimum atomic E-state index is 0. The van der Waals surface area contributed by atoms with Gasteiger partial charge in [0, 0.05) is 31.2 Å². The molecule has 0 unspecified atom stereocenters. The second-order valence-corrected chi connectivity index (χ2v) is 5.47. The first-order chi connectivity index (χ1) is 11.3. The van der Waals surface area contributed by atoms with Crippen LogP contribution in [0, 0.1) is 0 Å². The molecule has 1 aliphatic carbocycles. The smallest absolute Gasteiger partial charge is 0.191 e. The largest absolute Gasteiger partial charge is 0.357 e. The monoisotopic (exact) mass is 438 g/mol. The van der Waals surface area contributed by atoms with E-state index in [1.807, 2.05) is 29.1 Å². The van der Waals surface area contributed by atoms with Crippen molar-refractivity contribution in [2.24, 2.45) is 4.99 Å². The standard InChI is InChI=1S/C17H22N6.HI/c1-2-19-17(22-15-5-3-4-6-15)21-12-14-7-8-16(20-11-14)23-10-9-18-13-23;/h3-4,7-11,13,15H,2,5-6,12H2,1H3,(H2,19,21,22);1H. The topological polar surface area (TPSA) is 67.1 Å². The highest BCUT2D eigenvalue weighted by Gasteiger charge is 2.11. The number of hydrogen-bond acceptors (Lipinski definition) is 3. The predicted molar refractivity (Wildman–Crippen MR) is 107 cm³/mol. The van der Waals surface area contributed by atoms with E-state index < -0.39 is 0 Å². The van der Waals surface area contributed by atoms with Crippen molar-refractivity contribution in [1.82, 2.24) is 25.2 Å². The molecule has 0 spiro atoms. The summed E-state index contributed by atoms with van der Waals surface area (Å²) in [7, 11) is 0. The lowest BCUT2D eigenvalue weighted by Gasteiger charge is -2.16. The second kappa shape index (κ2) is 9.41. The van der Waals surface area contributed by atoms with E-state index in [2.05, 4.69) is 44.7 Å². The van der Waals surface area contributed by atoms with Crippen LogP contribution in [0.15, 0.2) is 54.2 Å². The molecule has 0 aromatic carbocycles. The highest BCUT2D eigenvalue weighted by molar-refractivity contribution is 14.0. The number of pyridine rings is 1. The minimum Gasteiger partial charge on any atom is -0.357 e. The van der Waals surface area contributed by atoms with Crippen molar-refractivity contribution in [2.75, 3.05) is 6.54 Å². The number of imidazole rings is 1. The van der Waals surface area contributed by atoms with E-state index in [0.717, 1.165) is 36.7 Å². The molecule has 0 saturated heterocycles. The van der Waals surface area contributed by atoms with E-state index in [1.54, 1.807) is 12.5 Å². The Kier molecular flexibility index (Phi) is 7.23. The fraction of sp³-hybridized carbons (Fsp3) is 0.353. The van der Waals surface area contributed by atoms with Gasteiger partial charge in [-0.2, -0.15) is 0 Å². The summed E-state index contributed by atoms with van der Waals surface area (Å²) in [6.45, 7) is 3.53. The summed E-state index contributed by atoms with van der Waals surface area (Å²) < 4.78 is 1.88. The van der Waals surface area contributed by atoms with Crippen molar-refractivity contribution in [3.8, 4) is 5.82 Å². The van der Waals surface area contributed by atoms with Gasteiger partial charge >= 0.3 is 0 Å². The molecule has 0 atom stereocenters. The Bertz CT molecular complexity index is 655. The molecule has 0 fully saturated rings. The summed E-state index contributed by atoms with van der Waals surface area (Å²) in [6, 6.07) is 4.48. The van der Waals surface area contributed by atoms with Gasteiger partial charge in [-0.1, -0.05) is 18.2 Å². The molecule has 0 aliphatic heterocycles. The Morgan fingerprint density at radius 2 is 2.17 bits per heavy atom. The first-order valence-electron chi connectivity index (χ1n) is 7.98. The zero-order valence-corrected chi connectivity index (χ0v) is 16.1. The number of guanidine groups is 1. The van der Waals surface area contributed by atoms with Crippen molar-refractivity contribution >= 4 is 29.9 Å². The molecule has 0 bridgehead atoms. The molecular weight excluding hydrogens is 415 g/mol. The first kappa shape index (κ1) is 18.4. The number of nitrogens with zero attached hydrogens (tertiary/aromatic N) is 4. The van der Waals surface area contributed by atoms with E-state index >= 15 is 0 Å². The maximum atomic E-state index is 4.65. The average molecular weight is 438 g/mol. The van der Waals surface area contributed by atoms with Gasteiger partial charge in [0.2, 0.25) is 0 Å². The van der Waals surface area contributed by atoms with Gasteiger partial charge in [-0.05, 0) is 31.4 Å². The number of nitrogens with one attached hydrogen (secondary N) is 2. The lowest BCUT2D eigenvalue weighted by atomic mass is 10.2. The molecule has 3 rings (SSSR count). The van der Waals surface area contributed by atoms with Crippen molar-refractivity contribution in [2.45, 2.75) is 32.4 Å². The van der Waals surface area contributed by atoms with Gasteiger partial charge in [0.25, 0.3) is 0 Å². The quantitative estimate of drug-likeness (QED) is 0.326. The predicted octanol–water partition coefficient (Wildman–Crippen LogP) is 2.66. The fourth-order valence-corrected chi connectivity index (χ4v) is 2.48. The van der Waals surface area contributed by atoms with Gasteiger partial charge in [0.05, 0.1) is 6.54 Å². The third-order valence-electron chi connectivity index (χ3n) is 3.69. The summed E-state index contributed by atoms with van der Waals surface area (Å²) in [5.41, 5.74) is 1.08. The maximum absolute atomic E-state index is 4.65. The van der Waals surface area contributed by atoms with Crippen LogP contribution in [-0.4, -0.2) is 33.1 Å². The third-order valence-corrected chi connectivity index (χ3v) is 3.69. The summed E-state index contributed by atoms with van der Waals surface area (Å²) in [5.74, 6) is 1.72. The molecule has 2 N–H and O–H groups in total. The van der Waals surface area contributed by atoms with Gasteiger partial charge in [-0.15, -0.1) is 24.0 Å². The van der Waals surface area contributed by atoms with Gasteiger partial charge in [-0.25, -0.2) is 15.0 Å². The molecule has 0 radical (unpaired) electrons. The maximum Gasteiger partial charge on any atom is 0.191 e. The van der Waals surface area contributed by atoms with Crippen molar-refractivity contribution in [3.05, 3.63) is 54.8 Å². The Balaban J connectivity index is 0.00000208. The zero-order chi connectivity index (χ0) is 15.9. The van der Waals surface area contributed by atoms with Crippen LogP contribution in [0.5, 0.6) is 0 Å². The number of aliphatic imine (C=N–C) groups is 1. The molecule has 128 valence electrons. The highest BCUT2D eigenvalue weighted by Crippen LogP contribution is 2.09. The van der Waals surface area contributed by atoms with Crippen LogP contribution in [0.4, 0.5) is 0 Å². The Morgan fingerprint density at radius 3 is 2.79 bits per heavy atom. The van der Waals surface area contributed by atoms with E-state index in [0.29, 0.717) is 12.6 Å². The number of aromatic nitrogens is 3. The van der Waals surface area contributed by atoms with Crippen LogP contribution in [-0.2, 0) is 6.54 Å². The van der Waals surface area contributed by atoms with Gasteiger partial charge in [-0.3, -0.25) is 4.57 Å². The molecular formula is C17H23IN6. The van der Waals surface area contributed by atoms with Crippen LogP contribution in [0.3, 0.4) is 0 Å². The first-order valence-corrected chi connectivity index (χ1v) is 7.98. The molecule has 6 nitrogen and oxygen atoms in total. The number of halogens is 1. The van der Waals surface area contributed by atoms with E-state index in [-0.39, 0.29) is 24.0 Å². The molecule has 1 aliphatic rings. The van der Waals surface area contributed by atoms with Crippen molar-refractivity contribution in [1.29, 1.82) is 0 Å². The average Bonchev–Trinajstić information content (AvgIpc) is 3.27. The lowest BCUT2D eigenvalue weighted by Crippen LogP contribution is -2.42. The van der Waals surface area contributed by atoms with Gasteiger partial charge in [0.15, 0.2) is 5.96 Å². The summed E-state index contributed by atoms with van der Waals surface area (Å²) >= 11 is 0. The van der Waals surface area contributed by atoms with Crippen LogP contribution in [0.25, 0.3) is 5.82 Å². The van der Waals surface area contributed by atoms with Crippen molar-refractivity contribution < 1.29 is 0 Å². The Hall–Kier alpha value is -1.90. The Labute approximate surface area is 159 Å². The van der Waals surface area contributed by atoms with Gasteiger partial charge < -0.3 is 10.6 Å². The van der Waals surface area contributed by atoms with Crippen LogP contribution >= 0.6 is 24.0 Å². The summed E-state index contributed by atoms with van der Waals surface area (Å²) in [6.07, 6.45) is 13.8. The molecule has 0 amide bonds. The van der Waals surface area contributed by atoms with E-state index in [1.165, 1.54) is 0 Å². The van der Waals surface area contributed by atoms with Crippen molar-refractivity contribution in [3.63, 3.8) is 0 Å². The fourth-order valence-electron chi connectivity index (χ4n) is 2.48. The molecule has 24 heavy (non-hydrogen) atoms. The number of hydrogen-bond donors (Lipinski definition) is 2. The zero-order valence-electron chi connectivity index (χ0n) is 13.7. The normalized spacial score (nSPS) is 14.5. The Morgan fingerprint density at radius 1 is 1.33 bits per heavy atom. The highest BCUT2D eigenvalue weighted by atomic mass is 127. The molecule has 2 heterocycles. The van der Waals surface area contributed by atoms with Crippen LogP contribution in [0.2, 0.25) is 0 Å². The second-order valence-electron chi connectivity index (χ2n) is 5.47. The summed E-state index contributed by atoms with van der Waals surface area (Å²) in [4.78, 5) is 13.1. The SMILES string of the molecule is CCNC(=NCc1ccc(-n2ccnc2)nc1)NC1CC=CC1.I. The number of rotatable bonds is 5. The van der Waals surface area contributed by atoms with E-state index in [4.69, 9.17) is 0 Å². The van der Waals surface area contributed by atoms with E-state index in [9.17, 15) is 0 Å².